The average Bonchev–Trinajstić information content (AvgIpc) is 3.46. The maximum Gasteiger partial charge on any atom is 0.415 e. The minimum atomic E-state index is -0.492. The summed E-state index contributed by atoms with van der Waals surface area (Å²) in [5, 5.41) is 10.9. The molecule has 0 amide bonds. The Kier molecular flexibility index (Phi) is 4.95. The number of fused-ring (bicyclic) bond motifs is 1. The van der Waals surface area contributed by atoms with Crippen LogP contribution in [0.1, 0.15) is 24.2 Å². The fourth-order valence-corrected chi connectivity index (χ4v) is 4.65. The summed E-state index contributed by atoms with van der Waals surface area (Å²) in [6.45, 7) is 7.02. The van der Waals surface area contributed by atoms with Crippen molar-refractivity contribution >= 4 is 5.82 Å². The van der Waals surface area contributed by atoms with Crippen LogP contribution in [0.3, 0.4) is 0 Å². The Balaban J connectivity index is 1.23. The van der Waals surface area contributed by atoms with Gasteiger partial charge in [-0.2, -0.15) is 0 Å². The van der Waals surface area contributed by atoms with Crippen LogP contribution in [-0.2, 0) is 6.54 Å². The minimum absolute atomic E-state index is 0.148. The van der Waals surface area contributed by atoms with Crippen LogP contribution in [0.4, 0.5) is 5.82 Å². The standard InChI is InChI=1S/C21H25N7O3/c1-21(14-27-12-18(28(29)30)24-20(27)31-21)13-25-7-9-26(10-8-25)19(17-11-22-15-23-17)16-5-3-2-4-6-16/h2-6,11-12,15,19H,7-10,13-14H2,1H3,(H,22,23). The molecule has 0 aliphatic carbocycles. The molecule has 10 heteroatoms. The van der Waals surface area contributed by atoms with E-state index in [4.69, 9.17) is 4.74 Å². The Morgan fingerprint density at radius 3 is 2.68 bits per heavy atom. The summed E-state index contributed by atoms with van der Waals surface area (Å²) in [4.78, 5) is 26.8. The predicted octanol–water partition coefficient (Wildman–Crippen LogP) is 2.07. The van der Waals surface area contributed by atoms with Crippen LogP contribution in [0.5, 0.6) is 6.01 Å². The van der Waals surface area contributed by atoms with Gasteiger partial charge in [-0.3, -0.25) is 14.4 Å². The van der Waals surface area contributed by atoms with E-state index >= 15 is 0 Å². The number of nitrogens with one attached hydrogen (secondary N) is 1. The molecule has 1 N–H and O–H groups in total. The topological polar surface area (TPSA) is 105 Å². The molecule has 162 valence electrons. The summed E-state index contributed by atoms with van der Waals surface area (Å²) in [7, 11) is 0. The highest BCUT2D eigenvalue weighted by atomic mass is 16.6. The lowest BCUT2D eigenvalue weighted by atomic mass is 10.0. The molecule has 3 aromatic rings. The van der Waals surface area contributed by atoms with E-state index in [1.54, 1.807) is 10.9 Å². The molecule has 4 heterocycles. The molecule has 0 saturated carbocycles. The maximum atomic E-state index is 10.9. The molecular formula is C21H25N7O3. The second-order valence-corrected chi connectivity index (χ2v) is 8.45. The monoisotopic (exact) mass is 423 g/mol. The highest BCUT2D eigenvalue weighted by Gasteiger charge is 2.42. The van der Waals surface area contributed by atoms with Crippen molar-refractivity contribution < 1.29 is 9.66 Å². The van der Waals surface area contributed by atoms with Crippen molar-refractivity contribution in [3.05, 3.63) is 70.4 Å². The first kappa shape index (κ1) is 19.7. The molecule has 1 fully saturated rings. The van der Waals surface area contributed by atoms with Crippen molar-refractivity contribution in [2.45, 2.75) is 25.1 Å². The van der Waals surface area contributed by atoms with Crippen molar-refractivity contribution in [2.75, 3.05) is 32.7 Å². The van der Waals surface area contributed by atoms with Gasteiger partial charge in [-0.05, 0) is 17.4 Å². The molecule has 5 rings (SSSR count). The average molecular weight is 423 g/mol. The van der Waals surface area contributed by atoms with Crippen LogP contribution in [0.2, 0.25) is 0 Å². The van der Waals surface area contributed by atoms with E-state index in [0.717, 1.165) is 38.4 Å². The largest absolute Gasteiger partial charge is 0.436 e. The number of piperazine rings is 1. The molecule has 1 saturated heterocycles. The van der Waals surface area contributed by atoms with E-state index in [1.165, 1.54) is 11.8 Å². The maximum absolute atomic E-state index is 10.9. The normalized spacial score (nSPS) is 22.7. The van der Waals surface area contributed by atoms with Crippen LogP contribution < -0.4 is 4.74 Å². The fourth-order valence-electron chi connectivity index (χ4n) is 4.65. The Morgan fingerprint density at radius 1 is 1.26 bits per heavy atom. The fraction of sp³-hybridized carbons (Fsp3) is 0.429. The van der Waals surface area contributed by atoms with Gasteiger partial charge in [0.05, 0.1) is 24.6 Å². The highest BCUT2D eigenvalue weighted by molar-refractivity contribution is 5.27. The summed E-state index contributed by atoms with van der Waals surface area (Å²) >= 11 is 0. The van der Waals surface area contributed by atoms with E-state index < -0.39 is 10.5 Å². The van der Waals surface area contributed by atoms with E-state index in [2.05, 4.69) is 49.0 Å². The number of nitrogens with zero attached hydrogens (tertiary/aromatic N) is 6. The Labute approximate surface area is 179 Å². The highest BCUT2D eigenvalue weighted by Crippen LogP contribution is 2.32. The molecule has 2 aromatic heterocycles. The number of benzene rings is 1. The smallest absolute Gasteiger partial charge is 0.415 e. The lowest BCUT2D eigenvalue weighted by molar-refractivity contribution is -0.389. The lowest BCUT2D eigenvalue weighted by Gasteiger charge is -2.41. The number of aromatic nitrogens is 4. The number of aromatic amines is 1. The van der Waals surface area contributed by atoms with Crippen LogP contribution in [-0.4, -0.2) is 72.6 Å². The van der Waals surface area contributed by atoms with Crippen molar-refractivity contribution in [3.63, 3.8) is 0 Å². The Hall–Kier alpha value is -3.24. The molecule has 2 atom stereocenters. The van der Waals surface area contributed by atoms with Gasteiger partial charge in [-0.15, -0.1) is 0 Å². The van der Waals surface area contributed by atoms with Gasteiger partial charge in [0.15, 0.2) is 0 Å². The van der Waals surface area contributed by atoms with E-state index in [1.807, 2.05) is 19.2 Å². The number of nitro groups is 1. The quantitative estimate of drug-likeness (QED) is 0.478. The zero-order valence-corrected chi connectivity index (χ0v) is 17.3. The van der Waals surface area contributed by atoms with E-state index in [-0.39, 0.29) is 11.9 Å². The number of H-pyrrole nitrogens is 1. The number of rotatable bonds is 6. The molecule has 10 nitrogen and oxygen atoms in total. The molecule has 0 radical (unpaired) electrons. The molecule has 2 aliphatic rings. The molecule has 1 aromatic carbocycles. The molecular weight excluding hydrogens is 398 g/mol. The molecule has 31 heavy (non-hydrogen) atoms. The number of imidazole rings is 2. The van der Waals surface area contributed by atoms with Gasteiger partial charge in [0.25, 0.3) is 0 Å². The van der Waals surface area contributed by atoms with Gasteiger partial charge < -0.3 is 19.8 Å². The SMILES string of the molecule is CC1(CN2CCN(C(c3ccccc3)c3cnc[nH]3)CC2)Cn2cc([N+](=O)[O-])nc2O1. The molecule has 2 unspecified atom stereocenters. The predicted molar refractivity (Wildman–Crippen MR) is 113 cm³/mol. The molecule has 0 bridgehead atoms. The lowest BCUT2D eigenvalue weighted by Crippen LogP contribution is -2.53. The van der Waals surface area contributed by atoms with Crippen molar-refractivity contribution in [1.82, 2.24) is 29.3 Å². The second-order valence-electron chi connectivity index (χ2n) is 8.45. The molecule has 2 aliphatic heterocycles. The van der Waals surface area contributed by atoms with Crippen LogP contribution in [0.25, 0.3) is 0 Å². The first-order valence-electron chi connectivity index (χ1n) is 10.4. The van der Waals surface area contributed by atoms with Crippen LogP contribution in [0.15, 0.2) is 49.1 Å². The van der Waals surface area contributed by atoms with Crippen molar-refractivity contribution in [3.8, 4) is 6.01 Å². The Bertz CT molecular complexity index is 1020. The summed E-state index contributed by atoms with van der Waals surface area (Å²) in [5.41, 5.74) is 1.90. The second kappa shape index (κ2) is 7.78. The third-order valence-corrected chi connectivity index (χ3v) is 6.02. The van der Waals surface area contributed by atoms with Crippen LogP contribution in [0, 0.1) is 10.1 Å². The number of hydrogen-bond acceptors (Lipinski definition) is 7. The van der Waals surface area contributed by atoms with Gasteiger partial charge in [-0.25, -0.2) is 4.98 Å². The number of hydrogen-bond donors (Lipinski definition) is 1. The summed E-state index contributed by atoms with van der Waals surface area (Å²) < 4.78 is 7.74. The van der Waals surface area contributed by atoms with Gasteiger partial charge in [0.2, 0.25) is 0 Å². The third kappa shape index (κ3) is 3.91. The molecule has 0 spiro atoms. The first-order chi connectivity index (χ1) is 15.0. The van der Waals surface area contributed by atoms with Crippen molar-refractivity contribution in [1.29, 1.82) is 0 Å². The van der Waals surface area contributed by atoms with Crippen LogP contribution >= 0.6 is 0 Å². The zero-order chi connectivity index (χ0) is 21.4. The summed E-state index contributed by atoms with van der Waals surface area (Å²) in [6.07, 6.45) is 5.08. The van der Waals surface area contributed by atoms with Gasteiger partial charge in [0.1, 0.15) is 11.8 Å². The van der Waals surface area contributed by atoms with Crippen molar-refractivity contribution in [2.24, 2.45) is 0 Å². The minimum Gasteiger partial charge on any atom is -0.436 e. The first-order valence-corrected chi connectivity index (χ1v) is 10.4. The summed E-state index contributed by atoms with van der Waals surface area (Å²) in [5.74, 6) is -0.170. The number of ether oxygens (including phenoxy) is 1. The summed E-state index contributed by atoms with van der Waals surface area (Å²) in [6, 6.07) is 11.0. The zero-order valence-electron chi connectivity index (χ0n) is 17.3. The Morgan fingerprint density at radius 2 is 2.03 bits per heavy atom. The van der Waals surface area contributed by atoms with Gasteiger partial charge >= 0.3 is 11.8 Å². The van der Waals surface area contributed by atoms with E-state index in [9.17, 15) is 10.1 Å². The third-order valence-electron chi connectivity index (χ3n) is 6.02. The van der Waals surface area contributed by atoms with Gasteiger partial charge in [0, 0.05) is 43.9 Å². The van der Waals surface area contributed by atoms with E-state index in [0.29, 0.717) is 12.6 Å². The van der Waals surface area contributed by atoms with Gasteiger partial charge in [-0.1, -0.05) is 30.3 Å².